The highest BCUT2D eigenvalue weighted by Crippen LogP contribution is 2.20. The summed E-state index contributed by atoms with van der Waals surface area (Å²) in [5.41, 5.74) is 0. The van der Waals surface area contributed by atoms with Crippen molar-refractivity contribution in [3.63, 3.8) is 0 Å². The van der Waals surface area contributed by atoms with E-state index in [9.17, 15) is 13.2 Å². The fraction of sp³-hybridized carbons (Fsp3) is 0.643. The lowest BCUT2D eigenvalue weighted by Crippen LogP contribution is -2.47. The molecule has 2 aliphatic rings. The van der Waals surface area contributed by atoms with Gasteiger partial charge in [-0.3, -0.25) is 4.79 Å². The lowest BCUT2D eigenvalue weighted by Gasteiger charge is -2.32. The maximum atomic E-state index is 12.1. The summed E-state index contributed by atoms with van der Waals surface area (Å²) in [7, 11) is -3.01. The topological polar surface area (TPSA) is 92.3 Å². The van der Waals surface area contributed by atoms with Crippen molar-refractivity contribution in [2.45, 2.75) is 25.3 Å². The molecule has 22 heavy (non-hydrogen) atoms. The number of aromatic nitrogens is 2. The molecule has 3 rings (SSSR count). The second-order valence-corrected chi connectivity index (χ2v) is 8.15. The number of rotatable bonds is 3. The molecule has 8 heteroatoms. The minimum Gasteiger partial charge on any atom is -0.353 e. The molecule has 0 radical (unpaired) electrons. The van der Waals surface area contributed by atoms with Crippen LogP contribution in [0.1, 0.15) is 19.3 Å². The number of amides is 1. The Balaban J connectivity index is 1.49. The van der Waals surface area contributed by atoms with Gasteiger partial charge in [-0.15, -0.1) is 0 Å². The Labute approximate surface area is 130 Å². The van der Waals surface area contributed by atoms with Gasteiger partial charge in [0.05, 0.1) is 17.4 Å². The van der Waals surface area contributed by atoms with Gasteiger partial charge in [0.1, 0.15) is 0 Å². The van der Waals surface area contributed by atoms with Crippen molar-refractivity contribution >= 4 is 21.7 Å². The van der Waals surface area contributed by atoms with E-state index in [-0.39, 0.29) is 29.4 Å². The highest BCUT2D eigenvalue weighted by atomic mass is 32.2. The van der Waals surface area contributed by atoms with Crippen molar-refractivity contribution in [1.82, 2.24) is 15.3 Å². The largest absolute Gasteiger partial charge is 0.353 e. The van der Waals surface area contributed by atoms with Gasteiger partial charge in [-0.2, -0.15) is 0 Å². The molecule has 7 nitrogen and oxygen atoms in total. The average molecular weight is 324 g/mol. The fourth-order valence-corrected chi connectivity index (χ4v) is 4.74. The number of nitrogens with one attached hydrogen (secondary N) is 1. The molecule has 0 aliphatic carbocycles. The van der Waals surface area contributed by atoms with Gasteiger partial charge in [-0.1, -0.05) is 0 Å². The van der Waals surface area contributed by atoms with Gasteiger partial charge < -0.3 is 10.2 Å². The highest BCUT2D eigenvalue weighted by molar-refractivity contribution is 7.91. The van der Waals surface area contributed by atoms with Gasteiger partial charge in [0.25, 0.3) is 0 Å². The standard InChI is InChI=1S/C14H20N4O3S/c19-13(11-4-9-22(20,21)10-11)17-12-2-7-18(8-3-12)14-15-5-1-6-16-14/h1,5-6,11-12H,2-4,7-10H2,(H,17,19). The van der Waals surface area contributed by atoms with Gasteiger partial charge in [0.15, 0.2) is 9.84 Å². The first kappa shape index (κ1) is 15.2. The second-order valence-electron chi connectivity index (χ2n) is 5.92. The quantitative estimate of drug-likeness (QED) is 0.841. The summed E-state index contributed by atoms with van der Waals surface area (Å²) in [6, 6.07) is 1.89. The van der Waals surface area contributed by atoms with Gasteiger partial charge in [0, 0.05) is 31.5 Å². The van der Waals surface area contributed by atoms with E-state index in [1.54, 1.807) is 18.5 Å². The van der Waals surface area contributed by atoms with E-state index in [1.807, 2.05) is 0 Å². The minimum atomic E-state index is -3.01. The molecule has 1 atom stereocenters. The number of sulfone groups is 1. The summed E-state index contributed by atoms with van der Waals surface area (Å²) in [5, 5.41) is 3.00. The van der Waals surface area contributed by atoms with Gasteiger partial charge in [0.2, 0.25) is 11.9 Å². The number of nitrogens with zero attached hydrogens (tertiary/aromatic N) is 3. The zero-order valence-corrected chi connectivity index (χ0v) is 13.1. The molecule has 1 unspecified atom stereocenters. The van der Waals surface area contributed by atoms with Crippen LogP contribution in [0.3, 0.4) is 0 Å². The van der Waals surface area contributed by atoms with Crippen LogP contribution in [0.5, 0.6) is 0 Å². The first-order valence-corrected chi connectivity index (χ1v) is 9.38. The third kappa shape index (κ3) is 3.55. The number of carbonyl (C=O) groups is 1. The first-order valence-electron chi connectivity index (χ1n) is 7.56. The van der Waals surface area contributed by atoms with Gasteiger partial charge in [-0.25, -0.2) is 18.4 Å². The lowest BCUT2D eigenvalue weighted by atomic mass is 10.0. The van der Waals surface area contributed by atoms with E-state index in [2.05, 4.69) is 20.2 Å². The Morgan fingerprint density at radius 2 is 1.86 bits per heavy atom. The van der Waals surface area contributed by atoms with Crippen LogP contribution in [0.25, 0.3) is 0 Å². The summed E-state index contributed by atoms with van der Waals surface area (Å²) in [6.07, 6.45) is 5.53. The molecule has 1 amide bonds. The normalized spacial score (nSPS) is 25.1. The summed E-state index contributed by atoms with van der Waals surface area (Å²) in [4.78, 5) is 22.7. The third-order valence-corrected chi connectivity index (χ3v) is 6.05. The summed E-state index contributed by atoms with van der Waals surface area (Å²) < 4.78 is 22.9. The molecule has 2 fully saturated rings. The number of piperidine rings is 1. The van der Waals surface area contributed by atoms with Crippen molar-refractivity contribution < 1.29 is 13.2 Å². The predicted octanol–water partition coefficient (Wildman–Crippen LogP) is -0.00370. The average Bonchev–Trinajstić information content (AvgIpc) is 2.89. The Hall–Kier alpha value is -1.70. The van der Waals surface area contributed by atoms with Gasteiger partial charge in [-0.05, 0) is 25.3 Å². The van der Waals surface area contributed by atoms with Crippen LogP contribution in [0, 0.1) is 5.92 Å². The van der Waals surface area contributed by atoms with Crippen LogP contribution in [0.15, 0.2) is 18.5 Å². The van der Waals surface area contributed by atoms with Crippen LogP contribution >= 0.6 is 0 Å². The summed E-state index contributed by atoms with van der Waals surface area (Å²) >= 11 is 0. The van der Waals surface area contributed by atoms with Crippen molar-refractivity contribution in [2.24, 2.45) is 5.92 Å². The Kier molecular flexibility index (Phi) is 4.28. The summed E-state index contributed by atoms with van der Waals surface area (Å²) in [6.45, 7) is 1.58. The molecule has 0 saturated carbocycles. The second kappa shape index (κ2) is 6.20. The molecule has 1 N–H and O–H groups in total. The zero-order valence-electron chi connectivity index (χ0n) is 12.3. The van der Waals surface area contributed by atoms with Crippen LogP contribution in [0.4, 0.5) is 5.95 Å². The fourth-order valence-electron chi connectivity index (χ4n) is 3.00. The smallest absolute Gasteiger partial charge is 0.225 e. The number of hydrogen-bond acceptors (Lipinski definition) is 6. The van der Waals surface area contributed by atoms with Gasteiger partial charge >= 0.3 is 0 Å². The zero-order chi connectivity index (χ0) is 15.6. The van der Waals surface area contributed by atoms with Crippen molar-refractivity contribution in [3.8, 4) is 0 Å². The Morgan fingerprint density at radius 1 is 1.18 bits per heavy atom. The minimum absolute atomic E-state index is 0.00443. The molecule has 3 heterocycles. The molecule has 2 aliphatic heterocycles. The maximum Gasteiger partial charge on any atom is 0.225 e. The Bertz CT molecular complexity index is 627. The van der Waals surface area contributed by atoms with E-state index in [1.165, 1.54) is 0 Å². The third-order valence-electron chi connectivity index (χ3n) is 4.28. The molecule has 2 saturated heterocycles. The van der Waals surface area contributed by atoms with Crippen molar-refractivity contribution in [3.05, 3.63) is 18.5 Å². The molecule has 1 aromatic rings. The maximum absolute atomic E-state index is 12.1. The predicted molar refractivity (Wildman–Crippen MR) is 82.2 cm³/mol. The van der Waals surface area contributed by atoms with Crippen molar-refractivity contribution in [2.75, 3.05) is 29.5 Å². The van der Waals surface area contributed by atoms with Crippen LogP contribution in [0.2, 0.25) is 0 Å². The first-order chi connectivity index (χ1) is 10.5. The number of hydrogen-bond donors (Lipinski definition) is 1. The van der Waals surface area contributed by atoms with E-state index < -0.39 is 9.84 Å². The van der Waals surface area contributed by atoms with Crippen molar-refractivity contribution in [1.29, 1.82) is 0 Å². The monoisotopic (exact) mass is 324 g/mol. The highest BCUT2D eigenvalue weighted by Gasteiger charge is 2.34. The lowest BCUT2D eigenvalue weighted by molar-refractivity contribution is -0.125. The molecule has 0 spiro atoms. The van der Waals surface area contributed by atoms with E-state index in [4.69, 9.17) is 0 Å². The number of anilines is 1. The van der Waals surface area contributed by atoms with Crippen LogP contribution in [-0.4, -0.2) is 54.9 Å². The SMILES string of the molecule is O=C(NC1CCN(c2ncccn2)CC1)C1CCS(=O)(=O)C1. The summed E-state index contributed by atoms with van der Waals surface area (Å²) in [5.74, 6) is 0.356. The molecule has 0 aromatic carbocycles. The molecule has 1 aromatic heterocycles. The van der Waals surface area contributed by atoms with E-state index in [0.717, 1.165) is 25.9 Å². The van der Waals surface area contributed by atoms with E-state index in [0.29, 0.717) is 12.4 Å². The molecule has 120 valence electrons. The van der Waals surface area contributed by atoms with Crippen LogP contribution in [-0.2, 0) is 14.6 Å². The van der Waals surface area contributed by atoms with E-state index >= 15 is 0 Å². The molecular weight excluding hydrogens is 304 g/mol. The molecule has 0 bridgehead atoms. The van der Waals surface area contributed by atoms with Crippen LogP contribution < -0.4 is 10.2 Å². The molecular formula is C14H20N4O3S. The Morgan fingerprint density at radius 3 is 2.45 bits per heavy atom. The number of carbonyl (C=O) groups excluding carboxylic acids is 1.